The molecule has 1 aliphatic heterocycles. The van der Waals surface area contributed by atoms with Crippen molar-refractivity contribution in [2.75, 3.05) is 6.67 Å². The van der Waals surface area contributed by atoms with Crippen molar-refractivity contribution in [2.45, 2.75) is 0 Å². The standard InChI is InChI=1S/C47H30N6/c1-4-14-30(15-5-1)33-20-12-22-35(26-33)45-51-46(36-23-13-21-34(27-36)31-16-6-2-7-17-31)53-47(52-45)39-28-38-41(44-43(39)48-29-49-44)37-24-10-11-25-40(37)50-42(38)32-18-8-3-9-19-32/h1-28H,29H2. The van der Waals surface area contributed by atoms with Gasteiger partial charge in [0.15, 0.2) is 17.5 Å². The van der Waals surface area contributed by atoms with Gasteiger partial charge < -0.3 is 0 Å². The molecule has 0 amide bonds. The fraction of sp³-hybridized carbons (Fsp3) is 0.0213. The average Bonchev–Trinajstić information content (AvgIpc) is 3.74. The lowest BCUT2D eigenvalue weighted by atomic mass is 9.96. The molecular formula is C47H30N6. The monoisotopic (exact) mass is 678 g/mol. The van der Waals surface area contributed by atoms with Crippen molar-refractivity contribution in [3.8, 4) is 67.7 Å². The van der Waals surface area contributed by atoms with Crippen LogP contribution < -0.4 is 10.7 Å². The molecule has 2 aromatic heterocycles. The Morgan fingerprint density at radius 3 is 1.45 bits per heavy atom. The van der Waals surface area contributed by atoms with Crippen molar-refractivity contribution in [1.82, 2.24) is 19.9 Å². The number of rotatable bonds is 6. The third-order valence-electron chi connectivity index (χ3n) is 9.77. The van der Waals surface area contributed by atoms with Crippen LogP contribution in [0.25, 0.3) is 89.4 Å². The third-order valence-corrected chi connectivity index (χ3v) is 9.77. The first-order chi connectivity index (χ1) is 26.3. The average molecular weight is 679 g/mol. The smallest absolute Gasteiger partial charge is 0.166 e. The van der Waals surface area contributed by atoms with Gasteiger partial charge in [0.1, 0.15) is 6.67 Å². The molecule has 6 nitrogen and oxygen atoms in total. The Morgan fingerprint density at radius 1 is 0.340 bits per heavy atom. The van der Waals surface area contributed by atoms with Gasteiger partial charge in [0.2, 0.25) is 0 Å². The highest BCUT2D eigenvalue weighted by Gasteiger charge is 2.21. The predicted octanol–water partition coefficient (Wildman–Crippen LogP) is 9.79. The van der Waals surface area contributed by atoms with E-state index < -0.39 is 0 Å². The molecule has 6 heteroatoms. The molecule has 53 heavy (non-hydrogen) atoms. The van der Waals surface area contributed by atoms with Gasteiger partial charge >= 0.3 is 0 Å². The van der Waals surface area contributed by atoms with Crippen LogP contribution in [-0.4, -0.2) is 26.6 Å². The summed E-state index contributed by atoms with van der Waals surface area (Å²) in [4.78, 5) is 30.7. The quantitative estimate of drug-likeness (QED) is 0.164. The predicted molar refractivity (Wildman–Crippen MR) is 212 cm³/mol. The first kappa shape index (κ1) is 30.6. The summed E-state index contributed by atoms with van der Waals surface area (Å²) in [5, 5.41) is 4.68. The van der Waals surface area contributed by atoms with Crippen molar-refractivity contribution in [2.24, 2.45) is 9.98 Å². The molecule has 0 bridgehead atoms. The Morgan fingerprint density at radius 2 is 0.830 bits per heavy atom. The fourth-order valence-electron chi connectivity index (χ4n) is 7.25. The molecule has 248 valence electrons. The number of nitrogens with zero attached hydrogens (tertiary/aromatic N) is 6. The van der Waals surface area contributed by atoms with Gasteiger partial charge in [-0.3, -0.25) is 9.98 Å². The molecule has 0 N–H and O–H groups in total. The van der Waals surface area contributed by atoms with Crippen LogP contribution in [0.1, 0.15) is 0 Å². The maximum Gasteiger partial charge on any atom is 0.166 e. The normalized spacial score (nSPS) is 12.0. The van der Waals surface area contributed by atoms with Crippen molar-refractivity contribution >= 4 is 21.7 Å². The number of aromatic nitrogens is 4. The van der Waals surface area contributed by atoms with Gasteiger partial charge in [-0.15, -0.1) is 0 Å². The van der Waals surface area contributed by atoms with E-state index in [0.29, 0.717) is 24.1 Å². The summed E-state index contributed by atoms with van der Waals surface area (Å²) in [5.74, 6) is 1.69. The lowest BCUT2D eigenvalue weighted by Gasteiger charge is -2.13. The van der Waals surface area contributed by atoms with E-state index in [1.54, 1.807) is 0 Å². The van der Waals surface area contributed by atoms with Crippen molar-refractivity contribution in [3.05, 3.63) is 181 Å². The van der Waals surface area contributed by atoms with Crippen LogP contribution >= 0.6 is 0 Å². The van der Waals surface area contributed by atoms with E-state index in [2.05, 4.69) is 133 Å². The SMILES string of the molecule is c1ccc(-c2cccc(-c3nc(-c4cccc(-c5ccccc5)c4)nc(-c4cc5c(-c6ccccc6)nc6ccccc6c5c5c4=NCN=5)n3)c2)cc1. The van der Waals surface area contributed by atoms with Crippen LogP contribution in [0.15, 0.2) is 180 Å². The number of para-hydroxylation sites is 1. The Hall–Kier alpha value is -7.18. The Balaban J connectivity index is 1.25. The van der Waals surface area contributed by atoms with Crippen LogP contribution in [-0.2, 0) is 0 Å². The molecular weight excluding hydrogens is 649 g/mol. The van der Waals surface area contributed by atoms with Gasteiger partial charge in [-0.25, -0.2) is 19.9 Å². The third kappa shape index (κ3) is 5.54. The summed E-state index contributed by atoms with van der Waals surface area (Å²) in [7, 11) is 0. The van der Waals surface area contributed by atoms with E-state index in [4.69, 9.17) is 29.9 Å². The number of pyridine rings is 1. The van der Waals surface area contributed by atoms with E-state index in [9.17, 15) is 0 Å². The summed E-state index contributed by atoms with van der Waals surface area (Å²) in [6.07, 6.45) is 0. The highest BCUT2D eigenvalue weighted by atomic mass is 15.0. The van der Waals surface area contributed by atoms with E-state index in [1.165, 1.54) is 0 Å². The summed E-state index contributed by atoms with van der Waals surface area (Å²) >= 11 is 0. The second kappa shape index (κ2) is 12.9. The molecule has 9 aromatic rings. The van der Waals surface area contributed by atoms with Crippen molar-refractivity contribution < 1.29 is 0 Å². The molecule has 1 aliphatic rings. The Kier molecular flexibility index (Phi) is 7.43. The van der Waals surface area contributed by atoms with Crippen molar-refractivity contribution in [3.63, 3.8) is 0 Å². The zero-order chi connectivity index (χ0) is 35.1. The minimum atomic E-state index is 0.335. The Labute approximate surface area is 305 Å². The zero-order valence-corrected chi connectivity index (χ0v) is 28.6. The van der Waals surface area contributed by atoms with Crippen LogP contribution in [0.5, 0.6) is 0 Å². The molecule has 7 aromatic carbocycles. The number of hydrogen-bond acceptors (Lipinski definition) is 6. The fourth-order valence-corrected chi connectivity index (χ4v) is 7.25. The van der Waals surface area contributed by atoms with Gasteiger partial charge in [0.25, 0.3) is 0 Å². The van der Waals surface area contributed by atoms with Crippen LogP contribution in [0, 0.1) is 0 Å². The largest absolute Gasteiger partial charge is 0.259 e. The first-order valence-electron chi connectivity index (χ1n) is 17.6. The molecule has 0 unspecified atom stereocenters. The number of benzene rings is 7. The molecule has 10 rings (SSSR count). The van der Waals surface area contributed by atoms with E-state index in [-0.39, 0.29) is 0 Å². The topological polar surface area (TPSA) is 76.3 Å². The molecule has 0 fully saturated rings. The Bertz CT molecular complexity index is 2860. The van der Waals surface area contributed by atoms with E-state index >= 15 is 0 Å². The highest BCUT2D eigenvalue weighted by molar-refractivity contribution is 6.11. The zero-order valence-electron chi connectivity index (χ0n) is 28.6. The van der Waals surface area contributed by atoms with Gasteiger partial charge in [-0.2, -0.15) is 0 Å². The van der Waals surface area contributed by atoms with E-state index in [0.717, 1.165) is 82.6 Å². The molecule has 0 radical (unpaired) electrons. The molecule has 0 spiro atoms. The van der Waals surface area contributed by atoms with Gasteiger partial charge in [-0.1, -0.05) is 146 Å². The van der Waals surface area contributed by atoms with Crippen molar-refractivity contribution in [1.29, 1.82) is 0 Å². The second-order valence-corrected chi connectivity index (χ2v) is 13.0. The number of hydrogen-bond donors (Lipinski definition) is 0. The summed E-state index contributed by atoms with van der Waals surface area (Å²) in [6, 6.07) is 58.2. The van der Waals surface area contributed by atoms with E-state index in [1.807, 2.05) is 36.4 Å². The lowest BCUT2D eigenvalue weighted by molar-refractivity contribution is 1.05. The second-order valence-electron chi connectivity index (χ2n) is 13.0. The summed E-state index contributed by atoms with van der Waals surface area (Å²) in [5.41, 5.74) is 9.83. The highest BCUT2D eigenvalue weighted by Crippen LogP contribution is 2.34. The van der Waals surface area contributed by atoms with Gasteiger partial charge in [-0.05, 0) is 46.5 Å². The lowest BCUT2D eigenvalue weighted by Crippen LogP contribution is -2.26. The molecule has 0 saturated carbocycles. The van der Waals surface area contributed by atoms with Crippen LogP contribution in [0.4, 0.5) is 0 Å². The molecule has 0 aliphatic carbocycles. The molecule has 0 atom stereocenters. The maximum atomic E-state index is 5.22. The minimum Gasteiger partial charge on any atom is -0.259 e. The van der Waals surface area contributed by atoms with Gasteiger partial charge in [0.05, 0.1) is 21.9 Å². The minimum absolute atomic E-state index is 0.335. The van der Waals surface area contributed by atoms with Gasteiger partial charge in [0, 0.05) is 38.4 Å². The summed E-state index contributed by atoms with van der Waals surface area (Å²) in [6.45, 7) is 0.335. The summed E-state index contributed by atoms with van der Waals surface area (Å²) < 4.78 is 0. The molecule has 0 saturated heterocycles. The number of fused-ring (bicyclic) bond motifs is 5. The first-order valence-corrected chi connectivity index (χ1v) is 17.6. The van der Waals surface area contributed by atoms with Crippen LogP contribution in [0.3, 0.4) is 0 Å². The molecule has 3 heterocycles. The maximum absolute atomic E-state index is 5.22. The van der Waals surface area contributed by atoms with Crippen LogP contribution in [0.2, 0.25) is 0 Å².